The van der Waals surface area contributed by atoms with Crippen LogP contribution in [0.15, 0.2) is 0 Å². The van der Waals surface area contributed by atoms with Crippen molar-refractivity contribution in [3.8, 4) is 0 Å². The van der Waals surface area contributed by atoms with Gasteiger partial charge in [-0.2, -0.15) is 0 Å². The van der Waals surface area contributed by atoms with Gasteiger partial charge in [0.2, 0.25) is 11.8 Å². The highest BCUT2D eigenvalue weighted by Gasteiger charge is 2.57. The molecule has 2 rings (SSSR count). The molecule has 0 spiro atoms. The van der Waals surface area contributed by atoms with Crippen molar-refractivity contribution >= 4 is 35.0 Å². The first-order valence-electron chi connectivity index (χ1n) is 6.98. The maximum absolute atomic E-state index is 12.1. The molecule has 1 N–H and O–H groups in total. The number of hydrogen-bond acceptors (Lipinski definition) is 3. The molecule has 0 aromatic heterocycles. The molecule has 0 radical (unpaired) electrons. The first kappa shape index (κ1) is 15.9. The molecule has 1 heterocycles. The van der Waals surface area contributed by atoms with E-state index in [1.165, 1.54) is 0 Å². The second-order valence-corrected chi connectivity index (χ2v) is 7.38. The average Bonchev–Trinajstić information content (AvgIpc) is 2.97. The van der Waals surface area contributed by atoms with Crippen LogP contribution in [0.3, 0.4) is 0 Å². The zero-order valence-corrected chi connectivity index (χ0v) is 13.4. The van der Waals surface area contributed by atoms with Crippen LogP contribution in [0.1, 0.15) is 20.3 Å². The second-order valence-electron chi connectivity index (χ2n) is 5.84. The van der Waals surface area contributed by atoms with Crippen molar-refractivity contribution in [3.63, 3.8) is 0 Å². The van der Waals surface area contributed by atoms with Crippen LogP contribution in [-0.4, -0.2) is 64.7 Å². The van der Waals surface area contributed by atoms with Crippen molar-refractivity contribution in [1.82, 2.24) is 15.1 Å². The Morgan fingerprint density at radius 3 is 2.25 bits per heavy atom. The van der Waals surface area contributed by atoms with Gasteiger partial charge in [-0.05, 0) is 20.3 Å². The third-order valence-electron chi connectivity index (χ3n) is 3.62. The minimum Gasteiger partial charge on any atom is -0.353 e. The summed E-state index contributed by atoms with van der Waals surface area (Å²) in [6.45, 7) is 6.95. The van der Waals surface area contributed by atoms with Gasteiger partial charge >= 0.3 is 0 Å². The highest BCUT2D eigenvalue weighted by Crippen LogP contribution is 2.53. The fraction of sp³-hybridized carbons (Fsp3) is 0.846. The smallest absolute Gasteiger partial charge is 0.234 e. The minimum atomic E-state index is -0.856. The summed E-state index contributed by atoms with van der Waals surface area (Å²) in [5, 5.41) is 2.87. The van der Waals surface area contributed by atoms with Crippen LogP contribution < -0.4 is 5.32 Å². The highest BCUT2D eigenvalue weighted by atomic mass is 35.5. The van der Waals surface area contributed by atoms with E-state index in [0.717, 1.165) is 0 Å². The summed E-state index contributed by atoms with van der Waals surface area (Å²) in [5.74, 6) is -0.176. The van der Waals surface area contributed by atoms with Gasteiger partial charge in [0, 0.05) is 32.2 Å². The third kappa shape index (κ3) is 3.99. The summed E-state index contributed by atoms with van der Waals surface area (Å²) in [5.41, 5.74) is 0. The van der Waals surface area contributed by atoms with E-state index in [4.69, 9.17) is 23.2 Å². The predicted octanol–water partition coefficient (Wildman–Crippen LogP) is 0.849. The van der Waals surface area contributed by atoms with Gasteiger partial charge in [-0.25, -0.2) is 0 Å². The Morgan fingerprint density at radius 1 is 1.25 bits per heavy atom. The number of piperazine rings is 1. The molecular weight excluding hydrogens is 301 g/mol. The zero-order valence-electron chi connectivity index (χ0n) is 11.9. The summed E-state index contributed by atoms with van der Waals surface area (Å²) >= 11 is 11.8. The molecule has 1 saturated carbocycles. The Bertz CT molecular complexity index is 393. The zero-order chi connectivity index (χ0) is 14.9. The van der Waals surface area contributed by atoms with Crippen molar-refractivity contribution < 1.29 is 9.59 Å². The normalized spacial score (nSPS) is 25.6. The molecular formula is C13H21Cl2N3O2. The van der Waals surface area contributed by atoms with Crippen molar-refractivity contribution in [2.45, 2.75) is 30.6 Å². The Balaban J connectivity index is 1.73. The second kappa shape index (κ2) is 6.08. The summed E-state index contributed by atoms with van der Waals surface area (Å²) in [6, 6.07) is 0.154. The van der Waals surface area contributed by atoms with E-state index < -0.39 is 4.33 Å². The largest absolute Gasteiger partial charge is 0.353 e. The molecule has 2 aliphatic rings. The lowest BCUT2D eigenvalue weighted by Crippen LogP contribution is -2.52. The molecule has 1 unspecified atom stereocenters. The van der Waals surface area contributed by atoms with Crippen molar-refractivity contribution in [1.29, 1.82) is 0 Å². The molecule has 7 heteroatoms. The van der Waals surface area contributed by atoms with E-state index in [1.807, 2.05) is 13.8 Å². The summed E-state index contributed by atoms with van der Waals surface area (Å²) < 4.78 is -0.856. The van der Waals surface area contributed by atoms with Crippen molar-refractivity contribution in [3.05, 3.63) is 0 Å². The van der Waals surface area contributed by atoms with Crippen molar-refractivity contribution in [2.75, 3.05) is 32.7 Å². The Hall–Kier alpha value is -0.520. The lowest BCUT2D eigenvalue weighted by Gasteiger charge is -2.34. The number of carbonyl (C=O) groups is 2. The van der Waals surface area contributed by atoms with E-state index in [-0.39, 0.29) is 23.8 Å². The number of amides is 2. The fourth-order valence-corrected chi connectivity index (χ4v) is 2.89. The molecule has 114 valence electrons. The Kier molecular flexibility index (Phi) is 4.82. The van der Waals surface area contributed by atoms with E-state index in [9.17, 15) is 9.59 Å². The number of hydrogen-bond donors (Lipinski definition) is 1. The van der Waals surface area contributed by atoms with E-state index >= 15 is 0 Å². The van der Waals surface area contributed by atoms with Gasteiger partial charge in [-0.15, -0.1) is 23.2 Å². The third-order valence-corrected chi connectivity index (χ3v) is 4.46. The number of rotatable bonds is 4. The molecule has 1 aliphatic carbocycles. The molecule has 1 saturated heterocycles. The number of nitrogens with one attached hydrogen (secondary N) is 1. The molecule has 1 aliphatic heterocycles. The van der Waals surface area contributed by atoms with Gasteiger partial charge in [0.1, 0.15) is 4.33 Å². The molecule has 0 aromatic rings. The predicted molar refractivity (Wildman–Crippen MR) is 78.8 cm³/mol. The average molecular weight is 322 g/mol. The minimum absolute atomic E-state index is 0.0301. The van der Waals surface area contributed by atoms with E-state index in [1.54, 1.807) is 4.90 Å². The maximum Gasteiger partial charge on any atom is 0.234 e. The SMILES string of the molecule is CC(C)NC(=O)CN1CCN(C(=O)C2CC2(Cl)Cl)CC1. The fourth-order valence-electron chi connectivity index (χ4n) is 2.40. The summed E-state index contributed by atoms with van der Waals surface area (Å²) in [7, 11) is 0. The van der Waals surface area contributed by atoms with E-state index in [0.29, 0.717) is 39.1 Å². The van der Waals surface area contributed by atoms with Crippen LogP contribution in [0.4, 0.5) is 0 Å². The molecule has 5 nitrogen and oxygen atoms in total. The maximum atomic E-state index is 12.1. The Labute approximate surface area is 129 Å². The topological polar surface area (TPSA) is 52.7 Å². The van der Waals surface area contributed by atoms with Gasteiger partial charge in [-0.1, -0.05) is 0 Å². The molecule has 1 atom stereocenters. The van der Waals surface area contributed by atoms with Crippen LogP contribution in [0.2, 0.25) is 0 Å². The van der Waals surface area contributed by atoms with Crippen LogP contribution in [0, 0.1) is 5.92 Å². The molecule has 20 heavy (non-hydrogen) atoms. The lowest BCUT2D eigenvalue weighted by atomic mass is 10.2. The summed E-state index contributed by atoms with van der Waals surface area (Å²) in [4.78, 5) is 27.6. The molecule has 2 amide bonds. The van der Waals surface area contributed by atoms with Crippen LogP contribution >= 0.6 is 23.2 Å². The van der Waals surface area contributed by atoms with Crippen molar-refractivity contribution in [2.24, 2.45) is 5.92 Å². The monoisotopic (exact) mass is 321 g/mol. The molecule has 2 fully saturated rings. The first-order valence-corrected chi connectivity index (χ1v) is 7.73. The van der Waals surface area contributed by atoms with Gasteiger partial charge in [-0.3, -0.25) is 14.5 Å². The highest BCUT2D eigenvalue weighted by molar-refractivity contribution is 6.52. The van der Waals surface area contributed by atoms with Gasteiger partial charge in [0.25, 0.3) is 0 Å². The quantitative estimate of drug-likeness (QED) is 0.781. The lowest BCUT2D eigenvalue weighted by molar-refractivity contribution is -0.134. The molecule has 0 aromatic carbocycles. The van der Waals surface area contributed by atoms with Crippen LogP contribution in [-0.2, 0) is 9.59 Å². The standard InChI is InChI=1S/C13H21Cl2N3O2/c1-9(2)16-11(19)8-17-3-5-18(6-4-17)12(20)10-7-13(10,14)15/h9-10H,3-8H2,1-2H3,(H,16,19). The van der Waals surface area contributed by atoms with Crippen LogP contribution in [0.5, 0.6) is 0 Å². The van der Waals surface area contributed by atoms with Gasteiger partial charge < -0.3 is 10.2 Å². The number of halogens is 2. The Morgan fingerprint density at radius 2 is 1.80 bits per heavy atom. The number of carbonyl (C=O) groups excluding carboxylic acids is 2. The number of alkyl halides is 2. The molecule has 0 bridgehead atoms. The van der Waals surface area contributed by atoms with Gasteiger partial charge in [0.05, 0.1) is 12.5 Å². The summed E-state index contributed by atoms with van der Waals surface area (Å²) in [6.07, 6.45) is 0.548. The number of nitrogens with zero attached hydrogens (tertiary/aromatic N) is 2. The van der Waals surface area contributed by atoms with Crippen LogP contribution in [0.25, 0.3) is 0 Å². The first-order chi connectivity index (χ1) is 9.29. The van der Waals surface area contributed by atoms with Gasteiger partial charge in [0.15, 0.2) is 0 Å². The van der Waals surface area contributed by atoms with E-state index in [2.05, 4.69) is 10.2 Å².